The fourth-order valence-electron chi connectivity index (χ4n) is 4.32. The van der Waals surface area contributed by atoms with Crippen LogP contribution in [0, 0.1) is 17.6 Å². The van der Waals surface area contributed by atoms with Crippen LogP contribution in [-0.4, -0.2) is 42.1 Å². The van der Waals surface area contributed by atoms with E-state index >= 15 is 0 Å². The third-order valence-electron chi connectivity index (χ3n) is 6.49. The molecule has 0 atom stereocenters. The van der Waals surface area contributed by atoms with Crippen LogP contribution in [0.4, 0.5) is 8.78 Å². The van der Waals surface area contributed by atoms with E-state index in [1.807, 2.05) is 12.1 Å². The van der Waals surface area contributed by atoms with Gasteiger partial charge >= 0.3 is 5.97 Å². The Morgan fingerprint density at radius 1 is 0.857 bits per heavy atom. The van der Waals surface area contributed by atoms with Gasteiger partial charge in [-0.3, -0.25) is 14.4 Å². The normalized spacial score (nSPS) is 19.6. The second-order valence-electron chi connectivity index (χ2n) is 9.10. The lowest BCUT2D eigenvalue weighted by Crippen LogP contribution is -2.35. The van der Waals surface area contributed by atoms with Crippen LogP contribution in [0.2, 0.25) is 0 Å². The highest BCUT2D eigenvalue weighted by atomic mass is 19.1. The third kappa shape index (κ3) is 6.35. The van der Waals surface area contributed by atoms with Gasteiger partial charge in [0.05, 0.1) is 12.0 Å². The van der Waals surface area contributed by atoms with Gasteiger partial charge in [-0.05, 0) is 62.1 Å². The number of benzene rings is 2. The number of nitrogens with one attached hydrogen (secondary N) is 2. The number of aliphatic carboxylic acids is 1. The van der Waals surface area contributed by atoms with Crippen molar-refractivity contribution in [3.8, 4) is 5.75 Å². The Kier molecular flexibility index (Phi) is 7.63. The number of carbonyl (C=O) groups excluding carboxylic acids is 2. The minimum Gasteiger partial charge on any atom is -0.490 e. The molecule has 0 spiro atoms. The first-order chi connectivity index (χ1) is 16.8. The maximum absolute atomic E-state index is 14.5. The van der Waals surface area contributed by atoms with Gasteiger partial charge in [-0.25, -0.2) is 8.78 Å². The average Bonchev–Trinajstić information content (AvgIpc) is 3.67. The molecular weight excluding hydrogens is 458 g/mol. The van der Waals surface area contributed by atoms with Crippen LogP contribution >= 0.6 is 0 Å². The summed E-state index contributed by atoms with van der Waals surface area (Å²) in [6.07, 6.45) is 3.84. The van der Waals surface area contributed by atoms with Gasteiger partial charge in [-0.1, -0.05) is 12.1 Å². The van der Waals surface area contributed by atoms with Gasteiger partial charge in [0.25, 0.3) is 11.8 Å². The molecule has 0 heterocycles. The van der Waals surface area contributed by atoms with Crippen molar-refractivity contribution in [3.05, 3.63) is 64.7 Å². The molecule has 0 saturated heterocycles. The fourth-order valence-corrected chi connectivity index (χ4v) is 4.32. The van der Waals surface area contributed by atoms with Crippen LogP contribution in [0.25, 0.3) is 0 Å². The number of carbonyl (C=O) groups is 3. The molecule has 4 rings (SSSR count). The number of amides is 2. The van der Waals surface area contributed by atoms with Gasteiger partial charge in [0.1, 0.15) is 22.9 Å². The Labute approximate surface area is 201 Å². The number of carboxylic acid groups (broad SMARTS) is 1. The molecule has 0 aliphatic heterocycles. The van der Waals surface area contributed by atoms with Gasteiger partial charge in [0.2, 0.25) is 0 Å². The van der Waals surface area contributed by atoms with Gasteiger partial charge < -0.3 is 20.5 Å². The van der Waals surface area contributed by atoms with Crippen molar-refractivity contribution < 1.29 is 33.0 Å². The molecule has 35 heavy (non-hydrogen) atoms. The van der Waals surface area contributed by atoms with Crippen LogP contribution < -0.4 is 15.4 Å². The standard InChI is InChI=1S/C26H28F2N2O5/c27-21-13-20(35-19-9-7-18(8-10-19)26(33)34)14-22(28)23(21)25(32)30-12-11-29-24(31)17-5-3-16(4-6-17)15-1-2-15/h3-6,13-15,18-19H,1-2,7-12H2,(H,29,31)(H,30,32)(H,33,34)/t18-,19+. The van der Waals surface area contributed by atoms with Gasteiger partial charge in [0.15, 0.2) is 0 Å². The number of halogens is 2. The monoisotopic (exact) mass is 486 g/mol. The van der Waals surface area contributed by atoms with Crippen molar-refractivity contribution in [2.24, 2.45) is 5.92 Å². The van der Waals surface area contributed by atoms with E-state index < -0.39 is 35.0 Å². The van der Waals surface area contributed by atoms with Crippen molar-refractivity contribution in [1.29, 1.82) is 0 Å². The first-order valence-corrected chi connectivity index (χ1v) is 11.9. The van der Waals surface area contributed by atoms with E-state index in [9.17, 15) is 23.2 Å². The number of carboxylic acids is 1. The number of ether oxygens (including phenoxy) is 1. The zero-order valence-electron chi connectivity index (χ0n) is 19.2. The minimum absolute atomic E-state index is 0.00528. The van der Waals surface area contributed by atoms with E-state index in [0.29, 0.717) is 37.2 Å². The summed E-state index contributed by atoms with van der Waals surface area (Å²) in [5.41, 5.74) is 0.999. The molecule has 2 aromatic rings. The quantitative estimate of drug-likeness (QED) is 0.465. The summed E-state index contributed by atoms with van der Waals surface area (Å²) < 4.78 is 34.6. The predicted molar refractivity (Wildman–Crippen MR) is 123 cm³/mol. The summed E-state index contributed by atoms with van der Waals surface area (Å²) in [4.78, 5) is 35.6. The summed E-state index contributed by atoms with van der Waals surface area (Å²) in [6.45, 7) is 0.0904. The molecule has 2 saturated carbocycles. The lowest BCUT2D eigenvalue weighted by Gasteiger charge is -2.26. The Bertz CT molecular complexity index is 1070. The second-order valence-corrected chi connectivity index (χ2v) is 9.10. The Morgan fingerprint density at radius 2 is 1.43 bits per heavy atom. The molecule has 0 bridgehead atoms. The van der Waals surface area contributed by atoms with E-state index in [4.69, 9.17) is 9.84 Å². The first kappa shape index (κ1) is 24.6. The molecule has 0 aromatic heterocycles. The summed E-state index contributed by atoms with van der Waals surface area (Å²) in [5.74, 6) is -4.06. The number of rotatable bonds is 9. The van der Waals surface area contributed by atoms with Crippen LogP contribution in [0.3, 0.4) is 0 Å². The number of hydrogen-bond acceptors (Lipinski definition) is 4. The zero-order chi connectivity index (χ0) is 24.9. The minimum atomic E-state index is -1.06. The largest absolute Gasteiger partial charge is 0.490 e. The van der Waals surface area contributed by atoms with Gasteiger partial charge in [-0.15, -0.1) is 0 Å². The molecule has 0 unspecified atom stereocenters. The maximum atomic E-state index is 14.5. The summed E-state index contributed by atoms with van der Waals surface area (Å²) in [5, 5.41) is 14.1. The molecular formula is C26H28F2N2O5. The Hall–Kier alpha value is -3.49. The molecule has 2 aliphatic rings. The average molecular weight is 487 g/mol. The highest BCUT2D eigenvalue weighted by Crippen LogP contribution is 2.39. The highest BCUT2D eigenvalue weighted by Gasteiger charge is 2.28. The summed E-state index contributed by atoms with van der Waals surface area (Å²) >= 11 is 0. The second kappa shape index (κ2) is 10.8. The molecule has 9 heteroatoms. The Morgan fingerprint density at radius 3 is 1.97 bits per heavy atom. The lowest BCUT2D eigenvalue weighted by atomic mass is 9.87. The summed E-state index contributed by atoms with van der Waals surface area (Å²) in [6, 6.07) is 9.30. The van der Waals surface area contributed by atoms with Crippen molar-refractivity contribution in [2.45, 2.75) is 50.5 Å². The van der Waals surface area contributed by atoms with Crippen LogP contribution in [0.5, 0.6) is 5.75 Å². The fraction of sp³-hybridized carbons (Fsp3) is 0.423. The van der Waals surface area contributed by atoms with E-state index in [1.54, 1.807) is 12.1 Å². The topological polar surface area (TPSA) is 105 Å². The van der Waals surface area contributed by atoms with Crippen LogP contribution in [0.15, 0.2) is 36.4 Å². The lowest BCUT2D eigenvalue weighted by molar-refractivity contribution is -0.143. The third-order valence-corrected chi connectivity index (χ3v) is 6.49. The molecule has 2 aliphatic carbocycles. The molecule has 2 fully saturated rings. The molecule has 2 amide bonds. The molecule has 2 aromatic carbocycles. The molecule has 186 valence electrons. The highest BCUT2D eigenvalue weighted by molar-refractivity contribution is 5.95. The summed E-state index contributed by atoms with van der Waals surface area (Å²) in [7, 11) is 0. The zero-order valence-corrected chi connectivity index (χ0v) is 19.2. The van der Waals surface area contributed by atoms with Crippen LogP contribution in [-0.2, 0) is 4.79 Å². The SMILES string of the molecule is O=C(NCCNC(=O)c1c(F)cc(O[C@H]2CC[C@@H](C(=O)O)CC2)cc1F)c1ccc(C2CC2)cc1. The van der Waals surface area contributed by atoms with E-state index in [-0.39, 0.29) is 30.9 Å². The van der Waals surface area contributed by atoms with E-state index in [2.05, 4.69) is 10.6 Å². The van der Waals surface area contributed by atoms with E-state index in [0.717, 1.165) is 12.1 Å². The predicted octanol–water partition coefficient (Wildman–Crippen LogP) is 4.02. The first-order valence-electron chi connectivity index (χ1n) is 11.9. The number of hydrogen-bond donors (Lipinski definition) is 3. The smallest absolute Gasteiger partial charge is 0.306 e. The molecule has 0 radical (unpaired) electrons. The van der Waals surface area contributed by atoms with Gasteiger partial charge in [-0.2, -0.15) is 0 Å². The molecule has 3 N–H and O–H groups in total. The maximum Gasteiger partial charge on any atom is 0.306 e. The van der Waals surface area contributed by atoms with E-state index in [1.165, 1.54) is 18.4 Å². The molecule has 7 nitrogen and oxygen atoms in total. The Balaban J connectivity index is 1.24. The van der Waals surface area contributed by atoms with Crippen molar-refractivity contribution in [3.63, 3.8) is 0 Å². The van der Waals surface area contributed by atoms with Crippen LogP contribution in [0.1, 0.15) is 70.7 Å². The van der Waals surface area contributed by atoms with Crippen molar-refractivity contribution in [1.82, 2.24) is 10.6 Å². The van der Waals surface area contributed by atoms with Gasteiger partial charge in [0, 0.05) is 30.8 Å². The van der Waals surface area contributed by atoms with Crippen molar-refractivity contribution >= 4 is 17.8 Å². The van der Waals surface area contributed by atoms with Crippen molar-refractivity contribution in [2.75, 3.05) is 13.1 Å².